The van der Waals surface area contributed by atoms with E-state index in [2.05, 4.69) is 19.2 Å². The summed E-state index contributed by atoms with van der Waals surface area (Å²) in [5.74, 6) is 0.591. The largest absolute Gasteiger partial charge is 0.484 e. The molecule has 0 aromatic heterocycles. The van der Waals surface area contributed by atoms with Crippen LogP contribution in [0.25, 0.3) is 0 Å². The molecule has 7 heteroatoms. The Morgan fingerprint density at radius 2 is 1.79 bits per heavy atom. The van der Waals surface area contributed by atoms with Crippen molar-refractivity contribution < 1.29 is 17.9 Å². The van der Waals surface area contributed by atoms with Gasteiger partial charge in [-0.2, -0.15) is 4.31 Å². The van der Waals surface area contributed by atoms with Crippen LogP contribution in [0.3, 0.4) is 0 Å². The molecule has 0 spiro atoms. The third-order valence-electron chi connectivity index (χ3n) is 5.09. The highest BCUT2D eigenvalue weighted by molar-refractivity contribution is 7.89. The Kier molecular flexibility index (Phi) is 6.92. The van der Waals surface area contributed by atoms with Gasteiger partial charge in [0.05, 0.1) is 5.75 Å². The van der Waals surface area contributed by atoms with Gasteiger partial charge in [0.1, 0.15) is 5.75 Å². The van der Waals surface area contributed by atoms with Crippen LogP contribution in [-0.2, 0) is 27.8 Å². The highest BCUT2D eigenvalue weighted by Gasteiger charge is 2.26. The van der Waals surface area contributed by atoms with Gasteiger partial charge in [0, 0.05) is 19.6 Å². The normalized spacial score (nSPS) is 14.4. The van der Waals surface area contributed by atoms with Gasteiger partial charge in [-0.1, -0.05) is 50.2 Å². The van der Waals surface area contributed by atoms with Gasteiger partial charge in [0.15, 0.2) is 6.61 Å². The third-order valence-corrected chi connectivity index (χ3v) is 6.91. The summed E-state index contributed by atoms with van der Waals surface area (Å²) < 4.78 is 32.1. The minimum Gasteiger partial charge on any atom is -0.484 e. The number of hydrogen-bond acceptors (Lipinski definition) is 4. The van der Waals surface area contributed by atoms with Crippen molar-refractivity contribution >= 4 is 15.9 Å². The molecule has 0 fully saturated rings. The van der Waals surface area contributed by atoms with E-state index in [9.17, 15) is 13.2 Å². The van der Waals surface area contributed by atoms with Gasteiger partial charge in [0.25, 0.3) is 5.91 Å². The second kappa shape index (κ2) is 9.41. The average molecular weight is 417 g/mol. The maximum Gasteiger partial charge on any atom is 0.257 e. The third kappa shape index (κ3) is 5.81. The molecule has 3 rings (SSSR count). The van der Waals surface area contributed by atoms with Gasteiger partial charge in [-0.3, -0.25) is 4.79 Å². The first kappa shape index (κ1) is 21.3. The Hall–Kier alpha value is -2.38. The number of nitrogens with one attached hydrogen (secondary N) is 1. The molecule has 0 atom stereocenters. The van der Waals surface area contributed by atoms with Crippen molar-refractivity contribution in [2.45, 2.75) is 32.7 Å². The van der Waals surface area contributed by atoms with Crippen LogP contribution in [0.2, 0.25) is 0 Å². The molecule has 1 N–H and O–H groups in total. The summed E-state index contributed by atoms with van der Waals surface area (Å²) >= 11 is 0. The molecule has 1 heterocycles. The zero-order valence-corrected chi connectivity index (χ0v) is 17.7. The lowest BCUT2D eigenvalue weighted by Crippen LogP contribution is -2.41. The van der Waals surface area contributed by atoms with Crippen LogP contribution in [0.15, 0.2) is 48.5 Å². The van der Waals surface area contributed by atoms with Crippen LogP contribution < -0.4 is 10.1 Å². The number of nitrogens with zero attached hydrogens (tertiary/aromatic N) is 1. The predicted octanol–water partition coefficient (Wildman–Crippen LogP) is 2.69. The molecular weight excluding hydrogens is 388 g/mol. The molecule has 1 amide bonds. The van der Waals surface area contributed by atoms with E-state index in [0.717, 1.165) is 5.56 Å². The molecule has 6 nitrogen and oxygen atoms in total. The van der Waals surface area contributed by atoms with Crippen LogP contribution in [0, 0.1) is 0 Å². The fraction of sp³-hybridized carbons (Fsp3) is 0.409. The van der Waals surface area contributed by atoms with E-state index in [4.69, 9.17) is 4.74 Å². The number of sulfonamides is 1. The minimum atomic E-state index is -3.42. The number of amides is 1. The molecule has 1 aliphatic heterocycles. The van der Waals surface area contributed by atoms with E-state index in [0.29, 0.717) is 31.2 Å². The first-order chi connectivity index (χ1) is 13.8. The van der Waals surface area contributed by atoms with Crippen molar-refractivity contribution in [2.24, 2.45) is 0 Å². The molecule has 2 aromatic carbocycles. The molecule has 29 heavy (non-hydrogen) atoms. The molecular formula is C22H28N2O4S. The van der Waals surface area contributed by atoms with E-state index in [1.165, 1.54) is 15.4 Å². The smallest absolute Gasteiger partial charge is 0.257 e. The summed E-state index contributed by atoms with van der Waals surface area (Å²) in [4.78, 5) is 12.0. The lowest BCUT2D eigenvalue weighted by Gasteiger charge is -2.28. The highest BCUT2D eigenvalue weighted by atomic mass is 32.2. The standard InChI is InChI=1S/C22H28N2O4S/c1-17(2)18-7-9-21(10-8-18)28-16-22(25)23-12-14-29(26,27)24-13-11-19-5-3-4-6-20(19)15-24/h3-10,17H,11-16H2,1-2H3,(H,23,25). The van der Waals surface area contributed by atoms with Gasteiger partial charge in [0.2, 0.25) is 10.0 Å². The topological polar surface area (TPSA) is 75.7 Å². The highest BCUT2D eigenvalue weighted by Crippen LogP contribution is 2.21. The maximum atomic E-state index is 12.6. The number of rotatable bonds is 8. The van der Waals surface area contributed by atoms with Gasteiger partial charge in [-0.25, -0.2) is 8.42 Å². The number of hydrogen-bond donors (Lipinski definition) is 1. The first-order valence-corrected chi connectivity index (χ1v) is 11.5. The summed E-state index contributed by atoms with van der Waals surface area (Å²) in [6, 6.07) is 15.5. The summed E-state index contributed by atoms with van der Waals surface area (Å²) in [6.45, 7) is 5.01. The van der Waals surface area contributed by atoms with Crippen LogP contribution in [0.4, 0.5) is 0 Å². The van der Waals surface area contributed by atoms with Gasteiger partial charge >= 0.3 is 0 Å². The average Bonchev–Trinajstić information content (AvgIpc) is 2.72. The molecule has 156 valence electrons. The molecule has 0 aliphatic carbocycles. The van der Waals surface area contributed by atoms with Crippen molar-refractivity contribution in [3.63, 3.8) is 0 Å². The van der Waals surface area contributed by atoms with Crippen molar-refractivity contribution in [1.29, 1.82) is 0 Å². The zero-order valence-electron chi connectivity index (χ0n) is 16.9. The molecule has 0 unspecified atom stereocenters. The quantitative estimate of drug-likeness (QED) is 0.718. The molecule has 0 saturated carbocycles. The fourth-order valence-electron chi connectivity index (χ4n) is 3.30. The molecule has 0 saturated heterocycles. The number of benzene rings is 2. The van der Waals surface area contributed by atoms with E-state index in [1.807, 2.05) is 48.5 Å². The van der Waals surface area contributed by atoms with Crippen molar-refractivity contribution in [2.75, 3.05) is 25.4 Å². The number of carbonyl (C=O) groups is 1. The summed E-state index contributed by atoms with van der Waals surface area (Å²) in [5.41, 5.74) is 3.45. The predicted molar refractivity (Wildman–Crippen MR) is 113 cm³/mol. The molecule has 0 radical (unpaired) electrons. The van der Waals surface area contributed by atoms with Gasteiger partial charge in [-0.05, 0) is 41.2 Å². The number of ether oxygens (including phenoxy) is 1. The Labute approximate surface area is 172 Å². The van der Waals surface area contributed by atoms with Gasteiger partial charge < -0.3 is 10.1 Å². The summed E-state index contributed by atoms with van der Waals surface area (Å²) in [5, 5.41) is 2.63. The fourth-order valence-corrected chi connectivity index (χ4v) is 4.63. The Morgan fingerprint density at radius 1 is 1.10 bits per heavy atom. The lowest BCUT2D eigenvalue weighted by molar-refractivity contribution is -0.122. The number of carbonyl (C=O) groups excluding carboxylic acids is 1. The van der Waals surface area contributed by atoms with E-state index >= 15 is 0 Å². The van der Waals surface area contributed by atoms with Crippen LogP contribution in [0.1, 0.15) is 36.5 Å². The molecule has 1 aliphatic rings. The van der Waals surface area contributed by atoms with Crippen molar-refractivity contribution in [1.82, 2.24) is 9.62 Å². The summed E-state index contributed by atoms with van der Waals surface area (Å²) in [6.07, 6.45) is 0.713. The zero-order chi connectivity index (χ0) is 20.9. The Bertz CT molecular complexity index is 940. The van der Waals surface area contributed by atoms with E-state index < -0.39 is 10.0 Å². The monoisotopic (exact) mass is 416 g/mol. The maximum absolute atomic E-state index is 12.6. The van der Waals surface area contributed by atoms with Crippen LogP contribution in [-0.4, -0.2) is 44.1 Å². The minimum absolute atomic E-state index is 0.0644. The second-order valence-corrected chi connectivity index (χ2v) is 9.62. The summed E-state index contributed by atoms with van der Waals surface area (Å²) in [7, 11) is -3.42. The molecule has 0 bridgehead atoms. The second-order valence-electron chi connectivity index (χ2n) is 7.53. The molecule has 2 aromatic rings. The first-order valence-electron chi connectivity index (χ1n) is 9.89. The Balaban J connectivity index is 1.42. The van der Waals surface area contributed by atoms with E-state index in [-0.39, 0.29) is 24.8 Å². The Morgan fingerprint density at radius 3 is 2.48 bits per heavy atom. The number of fused-ring (bicyclic) bond motifs is 1. The van der Waals surface area contributed by atoms with Gasteiger partial charge in [-0.15, -0.1) is 0 Å². The van der Waals surface area contributed by atoms with Crippen LogP contribution >= 0.6 is 0 Å². The van der Waals surface area contributed by atoms with E-state index in [1.54, 1.807) is 0 Å². The van der Waals surface area contributed by atoms with Crippen LogP contribution in [0.5, 0.6) is 5.75 Å². The lowest BCUT2D eigenvalue weighted by atomic mass is 10.0. The van der Waals surface area contributed by atoms with Crippen molar-refractivity contribution in [3.8, 4) is 5.75 Å². The SMILES string of the molecule is CC(C)c1ccc(OCC(=O)NCCS(=O)(=O)N2CCc3ccccc3C2)cc1. The van der Waals surface area contributed by atoms with Crippen molar-refractivity contribution in [3.05, 3.63) is 65.2 Å².